The van der Waals surface area contributed by atoms with Gasteiger partial charge in [-0.2, -0.15) is 0 Å². The summed E-state index contributed by atoms with van der Waals surface area (Å²) >= 11 is 11.8. The molecule has 0 amide bonds. The van der Waals surface area contributed by atoms with E-state index in [-0.39, 0.29) is 10.6 Å². The molecule has 0 unspecified atom stereocenters. The highest BCUT2D eigenvalue weighted by atomic mass is 35.5. The van der Waals surface area contributed by atoms with Gasteiger partial charge < -0.3 is 9.88 Å². The summed E-state index contributed by atoms with van der Waals surface area (Å²) in [5, 5.41) is 0.129. The van der Waals surface area contributed by atoms with E-state index >= 15 is 0 Å². The third kappa shape index (κ3) is 3.36. The van der Waals surface area contributed by atoms with E-state index in [0.29, 0.717) is 24.3 Å². The highest BCUT2D eigenvalue weighted by Crippen LogP contribution is 2.23. The van der Waals surface area contributed by atoms with Gasteiger partial charge in [-0.25, -0.2) is 4.98 Å². The van der Waals surface area contributed by atoms with Crippen molar-refractivity contribution in [1.29, 1.82) is 0 Å². The average Bonchev–Trinajstić information content (AvgIpc) is 2.33. The Balaban J connectivity index is 3.13. The molecule has 96 valence electrons. The van der Waals surface area contributed by atoms with Crippen LogP contribution in [0, 0.1) is 0 Å². The summed E-state index contributed by atoms with van der Waals surface area (Å²) in [6, 6.07) is 0.292. The van der Waals surface area contributed by atoms with Crippen LogP contribution in [0.25, 0.3) is 0 Å². The van der Waals surface area contributed by atoms with Crippen LogP contribution in [0.15, 0.2) is 11.1 Å². The summed E-state index contributed by atoms with van der Waals surface area (Å²) in [5.41, 5.74) is -0.317. The highest BCUT2D eigenvalue weighted by molar-refractivity contribution is 6.32. The average molecular weight is 278 g/mol. The third-order valence-corrected chi connectivity index (χ3v) is 3.27. The second-order valence-corrected chi connectivity index (χ2v) is 4.48. The van der Waals surface area contributed by atoms with Crippen molar-refractivity contribution in [2.45, 2.75) is 32.7 Å². The molecule has 0 aliphatic heterocycles. The second kappa shape index (κ2) is 6.87. The summed E-state index contributed by atoms with van der Waals surface area (Å²) < 4.78 is 0. The predicted octanol–water partition coefficient (Wildman–Crippen LogP) is 2.66. The first kappa shape index (κ1) is 14.3. The van der Waals surface area contributed by atoms with Gasteiger partial charge in [0, 0.05) is 18.5 Å². The molecule has 6 heteroatoms. The lowest BCUT2D eigenvalue weighted by Crippen LogP contribution is -2.37. The Hall–Kier alpha value is -0.740. The van der Waals surface area contributed by atoms with Crippen molar-refractivity contribution in [3.05, 3.63) is 21.7 Å². The highest BCUT2D eigenvalue weighted by Gasteiger charge is 2.20. The number of aromatic nitrogens is 2. The maximum atomic E-state index is 11.5. The summed E-state index contributed by atoms with van der Waals surface area (Å²) in [7, 11) is 0. The van der Waals surface area contributed by atoms with Crippen molar-refractivity contribution >= 4 is 29.0 Å². The zero-order chi connectivity index (χ0) is 12.8. The quantitative estimate of drug-likeness (QED) is 0.814. The number of nitrogens with one attached hydrogen (secondary N) is 1. The third-order valence-electron chi connectivity index (χ3n) is 2.76. The van der Waals surface area contributed by atoms with Crippen LogP contribution in [0.2, 0.25) is 5.02 Å². The van der Waals surface area contributed by atoms with Crippen LogP contribution in [0.5, 0.6) is 0 Å². The lowest BCUT2D eigenvalue weighted by Gasteiger charge is -2.31. The van der Waals surface area contributed by atoms with Crippen molar-refractivity contribution < 1.29 is 0 Å². The molecule has 1 N–H and O–H groups in total. The monoisotopic (exact) mass is 277 g/mol. The molecule has 4 nitrogen and oxygen atoms in total. The standard InChI is InChI=1S/C11H17Cl2N3O/c1-3-8(4-2)16(6-5-12)10-9(13)11(17)15-7-14-10/h7-8H,3-6H2,1-2H3,(H,14,15,17). The molecule has 0 saturated carbocycles. The van der Waals surface area contributed by atoms with E-state index in [0.717, 1.165) is 12.8 Å². The predicted molar refractivity (Wildman–Crippen MR) is 72.3 cm³/mol. The molecule has 0 spiro atoms. The van der Waals surface area contributed by atoms with E-state index in [1.807, 2.05) is 4.90 Å². The lowest BCUT2D eigenvalue weighted by atomic mass is 10.1. The van der Waals surface area contributed by atoms with Crippen LogP contribution in [0.4, 0.5) is 5.82 Å². The Morgan fingerprint density at radius 3 is 2.65 bits per heavy atom. The van der Waals surface area contributed by atoms with Crippen LogP contribution in [0.3, 0.4) is 0 Å². The lowest BCUT2D eigenvalue weighted by molar-refractivity contribution is 0.562. The fraction of sp³-hybridized carbons (Fsp3) is 0.636. The second-order valence-electron chi connectivity index (χ2n) is 3.72. The number of rotatable bonds is 6. The van der Waals surface area contributed by atoms with Gasteiger partial charge in [0.15, 0.2) is 5.82 Å². The van der Waals surface area contributed by atoms with E-state index in [1.165, 1.54) is 6.33 Å². The minimum atomic E-state index is -0.317. The molecule has 0 saturated heterocycles. The van der Waals surface area contributed by atoms with E-state index in [4.69, 9.17) is 23.2 Å². The van der Waals surface area contributed by atoms with Crippen LogP contribution in [-0.2, 0) is 0 Å². The van der Waals surface area contributed by atoms with Gasteiger partial charge in [0.1, 0.15) is 5.02 Å². The summed E-state index contributed by atoms with van der Waals surface area (Å²) in [6.07, 6.45) is 3.28. The molecular weight excluding hydrogens is 261 g/mol. The van der Waals surface area contributed by atoms with Gasteiger partial charge in [-0.1, -0.05) is 25.4 Å². The molecule has 1 aromatic rings. The maximum Gasteiger partial charge on any atom is 0.271 e. The van der Waals surface area contributed by atoms with Crippen molar-refractivity contribution in [3.63, 3.8) is 0 Å². The Morgan fingerprint density at radius 2 is 2.12 bits per heavy atom. The molecule has 1 heterocycles. The molecule has 0 fully saturated rings. The van der Waals surface area contributed by atoms with Crippen molar-refractivity contribution in [3.8, 4) is 0 Å². The van der Waals surface area contributed by atoms with Gasteiger partial charge in [-0.05, 0) is 12.8 Å². The minimum absolute atomic E-state index is 0.129. The van der Waals surface area contributed by atoms with Crippen LogP contribution in [-0.4, -0.2) is 28.4 Å². The Kier molecular flexibility index (Phi) is 5.78. The molecule has 0 aliphatic rings. The first-order valence-electron chi connectivity index (χ1n) is 5.71. The fourth-order valence-electron chi connectivity index (χ4n) is 1.86. The SMILES string of the molecule is CCC(CC)N(CCCl)c1nc[nH]c(=O)c1Cl. The number of H-pyrrole nitrogens is 1. The Bertz CT molecular complexity index is 404. The molecule has 0 aliphatic carbocycles. The van der Waals surface area contributed by atoms with Crippen molar-refractivity contribution in [1.82, 2.24) is 9.97 Å². The topological polar surface area (TPSA) is 49.0 Å². The smallest absolute Gasteiger partial charge is 0.271 e. The number of anilines is 1. The molecule has 1 aromatic heterocycles. The van der Waals surface area contributed by atoms with Gasteiger partial charge in [-0.15, -0.1) is 11.6 Å². The largest absolute Gasteiger partial charge is 0.351 e. The van der Waals surface area contributed by atoms with Crippen LogP contribution >= 0.6 is 23.2 Å². The van der Waals surface area contributed by atoms with Crippen molar-refractivity contribution in [2.75, 3.05) is 17.3 Å². The summed E-state index contributed by atoms with van der Waals surface area (Å²) in [5.74, 6) is 0.992. The van der Waals surface area contributed by atoms with Crippen LogP contribution < -0.4 is 10.5 Å². The molecule has 0 radical (unpaired) electrons. The first-order chi connectivity index (χ1) is 8.15. The number of hydrogen-bond acceptors (Lipinski definition) is 3. The van der Waals surface area contributed by atoms with Gasteiger partial charge >= 0.3 is 0 Å². The van der Waals surface area contributed by atoms with Crippen LogP contribution in [0.1, 0.15) is 26.7 Å². The first-order valence-corrected chi connectivity index (χ1v) is 6.62. The molecule has 17 heavy (non-hydrogen) atoms. The molecule has 0 bridgehead atoms. The normalized spacial score (nSPS) is 10.9. The number of alkyl halides is 1. The Labute approximate surface area is 111 Å². The molecule has 0 aromatic carbocycles. The molecular formula is C11H17Cl2N3O. The minimum Gasteiger partial charge on any atom is -0.351 e. The van der Waals surface area contributed by atoms with E-state index in [9.17, 15) is 4.79 Å². The van der Waals surface area contributed by atoms with E-state index in [1.54, 1.807) is 0 Å². The van der Waals surface area contributed by atoms with Gasteiger partial charge in [0.2, 0.25) is 0 Å². The zero-order valence-electron chi connectivity index (χ0n) is 10.0. The number of hydrogen-bond donors (Lipinski definition) is 1. The Morgan fingerprint density at radius 1 is 1.47 bits per heavy atom. The maximum absolute atomic E-state index is 11.5. The summed E-state index contributed by atoms with van der Waals surface area (Å²) in [4.78, 5) is 20.1. The zero-order valence-corrected chi connectivity index (χ0v) is 11.6. The molecule has 0 atom stereocenters. The number of nitrogens with zero attached hydrogens (tertiary/aromatic N) is 2. The number of aromatic amines is 1. The van der Waals surface area contributed by atoms with E-state index in [2.05, 4.69) is 23.8 Å². The summed E-state index contributed by atoms with van der Waals surface area (Å²) in [6.45, 7) is 4.82. The fourth-order valence-corrected chi connectivity index (χ4v) is 2.25. The molecule has 1 rings (SSSR count). The van der Waals surface area contributed by atoms with Gasteiger partial charge in [0.25, 0.3) is 5.56 Å². The van der Waals surface area contributed by atoms with Crippen molar-refractivity contribution in [2.24, 2.45) is 0 Å². The number of halogens is 2. The van der Waals surface area contributed by atoms with E-state index < -0.39 is 0 Å². The van der Waals surface area contributed by atoms with Gasteiger partial charge in [0.05, 0.1) is 6.33 Å². The van der Waals surface area contributed by atoms with Gasteiger partial charge in [-0.3, -0.25) is 4.79 Å².